The van der Waals surface area contributed by atoms with Crippen molar-refractivity contribution in [2.24, 2.45) is 0 Å². The van der Waals surface area contributed by atoms with Gasteiger partial charge in [-0.3, -0.25) is 9.69 Å². The molecule has 3 amide bonds. The fourth-order valence-electron chi connectivity index (χ4n) is 1.67. The molecule has 90 valence electrons. The lowest BCUT2D eigenvalue weighted by molar-refractivity contribution is -0.122. The highest BCUT2D eigenvalue weighted by Crippen LogP contribution is 2.15. The first kappa shape index (κ1) is 11.4. The minimum atomic E-state index is -0.369. The van der Waals surface area contributed by atoms with E-state index in [4.69, 9.17) is 4.42 Å². The van der Waals surface area contributed by atoms with E-state index in [2.05, 4.69) is 5.32 Å². The van der Waals surface area contributed by atoms with Crippen LogP contribution >= 0.6 is 0 Å². The Morgan fingerprint density at radius 1 is 1.41 bits per heavy atom. The summed E-state index contributed by atoms with van der Waals surface area (Å²) in [7, 11) is 0. The Balaban J connectivity index is 2.21. The SMILES string of the molecule is CCCN1C(=O)N/C(=C/c2ccc(C)o2)C1=O. The minimum Gasteiger partial charge on any atom is -0.462 e. The summed E-state index contributed by atoms with van der Waals surface area (Å²) in [6.07, 6.45) is 2.29. The van der Waals surface area contributed by atoms with Gasteiger partial charge in [-0.05, 0) is 25.5 Å². The van der Waals surface area contributed by atoms with E-state index in [1.54, 1.807) is 18.2 Å². The van der Waals surface area contributed by atoms with Gasteiger partial charge in [-0.15, -0.1) is 0 Å². The molecule has 2 rings (SSSR count). The Morgan fingerprint density at radius 3 is 2.76 bits per heavy atom. The maximum atomic E-state index is 11.8. The summed E-state index contributed by atoms with van der Waals surface area (Å²) < 4.78 is 5.33. The smallest absolute Gasteiger partial charge is 0.329 e. The molecule has 0 spiro atoms. The molecule has 1 aliphatic heterocycles. The van der Waals surface area contributed by atoms with Gasteiger partial charge in [0, 0.05) is 12.6 Å². The number of imide groups is 1. The highest BCUT2D eigenvalue weighted by molar-refractivity contribution is 6.13. The third kappa shape index (κ3) is 2.22. The van der Waals surface area contributed by atoms with E-state index < -0.39 is 0 Å². The second kappa shape index (κ2) is 4.45. The predicted molar refractivity (Wildman–Crippen MR) is 62.0 cm³/mol. The number of furan rings is 1. The Morgan fingerprint density at radius 2 is 2.18 bits per heavy atom. The number of urea groups is 1. The molecule has 0 saturated carbocycles. The second-order valence-corrected chi connectivity index (χ2v) is 3.89. The van der Waals surface area contributed by atoms with Crippen LogP contribution in [0.25, 0.3) is 6.08 Å². The largest absolute Gasteiger partial charge is 0.462 e. The number of nitrogens with zero attached hydrogens (tertiary/aromatic N) is 1. The first-order valence-corrected chi connectivity index (χ1v) is 5.53. The summed E-state index contributed by atoms with van der Waals surface area (Å²) in [5.74, 6) is 1.02. The normalized spacial score (nSPS) is 18.0. The van der Waals surface area contributed by atoms with Crippen molar-refractivity contribution in [1.82, 2.24) is 10.2 Å². The predicted octanol–water partition coefficient (Wildman–Crippen LogP) is 1.89. The van der Waals surface area contributed by atoms with Crippen LogP contribution in [0.3, 0.4) is 0 Å². The molecule has 0 bridgehead atoms. The van der Waals surface area contributed by atoms with Gasteiger partial charge in [-0.2, -0.15) is 0 Å². The molecule has 0 aromatic carbocycles. The van der Waals surface area contributed by atoms with Crippen LogP contribution in [0.15, 0.2) is 22.2 Å². The van der Waals surface area contributed by atoms with Crippen LogP contribution in [-0.4, -0.2) is 23.4 Å². The van der Waals surface area contributed by atoms with E-state index in [1.165, 1.54) is 4.90 Å². The average molecular weight is 234 g/mol. The highest BCUT2D eigenvalue weighted by atomic mass is 16.3. The molecule has 1 fully saturated rings. The third-order valence-corrected chi connectivity index (χ3v) is 2.46. The van der Waals surface area contributed by atoms with Gasteiger partial charge < -0.3 is 9.73 Å². The molecule has 5 nitrogen and oxygen atoms in total. The molecule has 0 unspecified atom stereocenters. The number of hydrogen-bond acceptors (Lipinski definition) is 3. The number of rotatable bonds is 3. The Labute approximate surface area is 99.1 Å². The van der Waals surface area contributed by atoms with Gasteiger partial charge in [0.15, 0.2) is 0 Å². The fourth-order valence-corrected chi connectivity index (χ4v) is 1.67. The summed E-state index contributed by atoms with van der Waals surface area (Å²) in [4.78, 5) is 24.5. The fraction of sp³-hybridized carbons (Fsp3) is 0.333. The minimum absolute atomic E-state index is 0.262. The van der Waals surface area contributed by atoms with Crippen molar-refractivity contribution in [2.75, 3.05) is 6.54 Å². The van der Waals surface area contributed by atoms with Crippen molar-refractivity contribution in [3.05, 3.63) is 29.4 Å². The zero-order valence-corrected chi connectivity index (χ0v) is 9.82. The lowest BCUT2D eigenvalue weighted by atomic mass is 10.3. The maximum Gasteiger partial charge on any atom is 0.329 e. The molecule has 1 aliphatic rings. The van der Waals surface area contributed by atoms with E-state index >= 15 is 0 Å². The average Bonchev–Trinajstić information content (AvgIpc) is 2.79. The van der Waals surface area contributed by atoms with Crippen LogP contribution in [0.4, 0.5) is 4.79 Å². The van der Waals surface area contributed by atoms with Gasteiger partial charge in [-0.25, -0.2) is 4.79 Å². The summed E-state index contributed by atoms with van der Waals surface area (Å²) in [6, 6.07) is 3.19. The van der Waals surface area contributed by atoms with Gasteiger partial charge in [0.25, 0.3) is 5.91 Å². The molecule has 0 radical (unpaired) electrons. The monoisotopic (exact) mass is 234 g/mol. The number of carbonyl (C=O) groups excluding carboxylic acids is 2. The molecule has 17 heavy (non-hydrogen) atoms. The standard InChI is InChI=1S/C12H14N2O3/c1-3-6-14-11(15)10(13-12(14)16)7-9-5-4-8(2)17-9/h4-5,7H,3,6H2,1-2H3,(H,13,16)/b10-7+. The van der Waals surface area contributed by atoms with E-state index in [1.807, 2.05) is 13.8 Å². The molecule has 0 atom stereocenters. The number of hydrogen-bond donors (Lipinski definition) is 1. The van der Waals surface area contributed by atoms with Gasteiger partial charge in [0.1, 0.15) is 17.2 Å². The summed E-state index contributed by atoms with van der Waals surface area (Å²) in [5, 5.41) is 2.53. The van der Waals surface area contributed by atoms with Crippen LogP contribution in [0.2, 0.25) is 0 Å². The van der Waals surface area contributed by atoms with Crippen molar-refractivity contribution in [3.63, 3.8) is 0 Å². The lowest BCUT2D eigenvalue weighted by Crippen LogP contribution is -2.31. The van der Waals surface area contributed by atoms with Crippen molar-refractivity contribution in [2.45, 2.75) is 20.3 Å². The molecular weight excluding hydrogens is 220 g/mol. The molecule has 5 heteroatoms. The van der Waals surface area contributed by atoms with E-state index in [0.29, 0.717) is 12.3 Å². The molecule has 2 heterocycles. The van der Waals surface area contributed by atoms with Crippen LogP contribution in [0.5, 0.6) is 0 Å². The number of aryl methyl sites for hydroxylation is 1. The zero-order valence-electron chi connectivity index (χ0n) is 9.82. The van der Waals surface area contributed by atoms with E-state index in [9.17, 15) is 9.59 Å². The molecule has 0 aliphatic carbocycles. The van der Waals surface area contributed by atoms with Gasteiger partial charge in [-0.1, -0.05) is 6.92 Å². The van der Waals surface area contributed by atoms with Crippen molar-refractivity contribution in [3.8, 4) is 0 Å². The second-order valence-electron chi connectivity index (χ2n) is 3.89. The number of amides is 3. The summed E-state index contributed by atoms with van der Waals surface area (Å²) in [5.41, 5.74) is 0.262. The number of nitrogens with one attached hydrogen (secondary N) is 1. The van der Waals surface area contributed by atoms with Crippen LogP contribution < -0.4 is 5.32 Å². The zero-order chi connectivity index (χ0) is 12.4. The van der Waals surface area contributed by atoms with Crippen LogP contribution in [-0.2, 0) is 4.79 Å². The van der Waals surface area contributed by atoms with Gasteiger partial charge in [0.2, 0.25) is 0 Å². The van der Waals surface area contributed by atoms with Crippen molar-refractivity contribution >= 4 is 18.0 Å². The van der Waals surface area contributed by atoms with Crippen LogP contribution in [0, 0.1) is 6.92 Å². The van der Waals surface area contributed by atoms with Crippen molar-refractivity contribution < 1.29 is 14.0 Å². The quantitative estimate of drug-likeness (QED) is 0.641. The van der Waals surface area contributed by atoms with E-state index in [0.717, 1.165) is 12.2 Å². The van der Waals surface area contributed by atoms with Crippen LogP contribution in [0.1, 0.15) is 24.9 Å². The Kier molecular flexibility index (Phi) is 2.99. The Hall–Kier alpha value is -2.04. The number of carbonyl (C=O) groups is 2. The molecular formula is C12H14N2O3. The first-order valence-electron chi connectivity index (χ1n) is 5.53. The summed E-state index contributed by atoms with van der Waals surface area (Å²) >= 11 is 0. The molecule has 1 aromatic rings. The highest BCUT2D eigenvalue weighted by Gasteiger charge is 2.32. The first-order chi connectivity index (χ1) is 8.11. The third-order valence-electron chi connectivity index (χ3n) is 2.46. The summed E-state index contributed by atoms with van der Waals surface area (Å²) in [6.45, 7) is 4.16. The molecule has 1 aromatic heterocycles. The lowest BCUT2D eigenvalue weighted by Gasteiger charge is -2.08. The molecule has 1 N–H and O–H groups in total. The van der Waals surface area contributed by atoms with Gasteiger partial charge in [0.05, 0.1) is 0 Å². The Bertz CT molecular complexity index is 488. The van der Waals surface area contributed by atoms with Crippen molar-refractivity contribution in [1.29, 1.82) is 0 Å². The van der Waals surface area contributed by atoms with Gasteiger partial charge >= 0.3 is 6.03 Å². The molecule has 1 saturated heterocycles. The maximum absolute atomic E-state index is 11.8. The van der Waals surface area contributed by atoms with E-state index in [-0.39, 0.29) is 17.6 Å². The topological polar surface area (TPSA) is 62.6 Å².